The molecule has 1 heterocycles. The van der Waals surface area contributed by atoms with Gasteiger partial charge < -0.3 is 4.57 Å². The minimum atomic E-state index is 0.595. The molecule has 1 aromatic heterocycles. The second-order valence-electron chi connectivity index (χ2n) is 3.02. The van der Waals surface area contributed by atoms with Gasteiger partial charge in [-0.15, -0.1) is 0 Å². The first kappa shape index (κ1) is 10.5. The Morgan fingerprint density at radius 2 is 2.13 bits per heavy atom. The Hall–Kier alpha value is -1.06. The second-order valence-corrected chi connectivity index (χ2v) is 4.31. The molecule has 0 saturated carbocycles. The number of hydrogen-bond donors (Lipinski definition) is 0. The molecule has 0 aliphatic carbocycles. The van der Waals surface area contributed by atoms with E-state index in [0.29, 0.717) is 10.7 Å². The van der Waals surface area contributed by atoms with E-state index in [0.717, 1.165) is 16.4 Å². The van der Waals surface area contributed by atoms with Crippen molar-refractivity contribution in [3.05, 3.63) is 51.7 Å². The van der Waals surface area contributed by atoms with E-state index in [4.69, 9.17) is 11.6 Å². The molecule has 0 bridgehead atoms. The van der Waals surface area contributed by atoms with Crippen molar-refractivity contribution in [1.29, 1.82) is 0 Å². The lowest BCUT2D eigenvalue weighted by Gasteiger charge is -2.08. The maximum absolute atomic E-state index is 10.8. The first-order valence-electron chi connectivity index (χ1n) is 4.30. The topological polar surface area (TPSA) is 22.0 Å². The maximum Gasteiger partial charge on any atom is 0.166 e. The summed E-state index contributed by atoms with van der Waals surface area (Å²) in [7, 11) is 0. The molecule has 2 rings (SSSR count). The Labute approximate surface area is 101 Å². The first-order valence-corrected chi connectivity index (χ1v) is 5.47. The Kier molecular flexibility index (Phi) is 2.93. The molecule has 15 heavy (non-hydrogen) atoms. The van der Waals surface area contributed by atoms with Crippen LogP contribution in [0.25, 0.3) is 5.69 Å². The molecule has 76 valence electrons. The summed E-state index contributed by atoms with van der Waals surface area (Å²) >= 11 is 9.33. The molecule has 2 nitrogen and oxygen atoms in total. The minimum absolute atomic E-state index is 0.595. The Morgan fingerprint density at radius 1 is 1.33 bits per heavy atom. The molecule has 2 aromatic rings. The fraction of sp³-hybridized carbons (Fsp3) is 0. The number of aldehydes is 1. The van der Waals surface area contributed by atoms with Gasteiger partial charge in [-0.25, -0.2) is 0 Å². The van der Waals surface area contributed by atoms with Gasteiger partial charge >= 0.3 is 0 Å². The van der Waals surface area contributed by atoms with Crippen LogP contribution < -0.4 is 0 Å². The summed E-state index contributed by atoms with van der Waals surface area (Å²) in [6.07, 6.45) is 2.63. The average molecular weight is 285 g/mol. The van der Waals surface area contributed by atoms with Gasteiger partial charge in [0.25, 0.3) is 0 Å². The summed E-state index contributed by atoms with van der Waals surface area (Å²) in [4.78, 5) is 10.8. The van der Waals surface area contributed by atoms with Crippen LogP contribution in [0.15, 0.2) is 41.0 Å². The summed E-state index contributed by atoms with van der Waals surface area (Å²) in [5.41, 5.74) is 1.45. The smallest absolute Gasteiger partial charge is 0.166 e. The molecule has 0 spiro atoms. The molecule has 0 aliphatic rings. The van der Waals surface area contributed by atoms with Gasteiger partial charge in [-0.1, -0.05) is 11.6 Å². The molecule has 0 amide bonds. The van der Waals surface area contributed by atoms with Gasteiger partial charge in [0, 0.05) is 15.7 Å². The molecule has 0 fully saturated rings. The zero-order valence-corrected chi connectivity index (χ0v) is 9.99. The van der Waals surface area contributed by atoms with E-state index in [-0.39, 0.29) is 0 Å². The molecule has 0 unspecified atom stereocenters. The van der Waals surface area contributed by atoms with Gasteiger partial charge in [0.05, 0.1) is 11.4 Å². The van der Waals surface area contributed by atoms with Gasteiger partial charge in [0.1, 0.15) is 0 Å². The van der Waals surface area contributed by atoms with E-state index in [1.54, 1.807) is 22.8 Å². The zero-order valence-electron chi connectivity index (χ0n) is 7.65. The molecular weight excluding hydrogens is 277 g/mol. The van der Waals surface area contributed by atoms with E-state index in [2.05, 4.69) is 15.9 Å². The number of carbonyl (C=O) groups excluding carboxylic acids is 1. The van der Waals surface area contributed by atoms with E-state index in [9.17, 15) is 4.79 Å². The van der Waals surface area contributed by atoms with Crippen molar-refractivity contribution < 1.29 is 4.79 Å². The highest BCUT2D eigenvalue weighted by Crippen LogP contribution is 2.25. The third kappa shape index (κ3) is 1.98. The summed E-state index contributed by atoms with van der Waals surface area (Å²) in [6.45, 7) is 0. The second kappa shape index (κ2) is 4.21. The van der Waals surface area contributed by atoms with E-state index >= 15 is 0 Å². The number of hydrogen-bond acceptors (Lipinski definition) is 1. The van der Waals surface area contributed by atoms with Crippen LogP contribution in [0.1, 0.15) is 10.5 Å². The quantitative estimate of drug-likeness (QED) is 0.771. The predicted octanol–water partition coefficient (Wildman–Crippen LogP) is 3.71. The third-order valence-electron chi connectivity index (χ3n) is 2.07. The van der Waals surface area contributed by atoms with Crippen LogP contribution in [-0.4, -0.2) is 10.9 Å². The molecule has 4 heteroatoms. The molecule has 1 aromatic carbocycles. The maximum atomic E-state index is 10.8. The van der Waals surface area contributed by atoms with Crippen LogP contribution in [0.2, 0.25) is 5.02 Å². The molecule has 0 atom stereocenters. The van der Waals surface area contributed by atoms with Gasteiger partial charge in [-0.2, -0.15) is 0 Å². The van der Waals surface area contributed by atoms with Crippen molar-refractivity contribution in [2.24, 2.45) is 0 Å². The van der Waals surface area contributed by atoms with Crippen LogP contribution in [0.5, 0.6) is 0 Å². The summed E-state index contributed by atoms with van der Waals surface area (Å²) in [6, 6.07) is 9.02. The summed E-state index contributed by atoms with van der Waals surface area (Å²) < 4.78 is 2.68. The lowest BCUT2D eigenvalue weighted by atomic mass is 10.3. The van der Waals surface area contributed by atoms with Crippen molar-refractivity contribution in [1.82, 2.24) is 4.57 Å². The van der Waals surface area contributed by atoms with Gasteiger partial charge in [0.2, 0.25) is 0 Å². The van der Waals surface area contributed by atoms with Crippen molar-refractivity contribution in [2.45, 2.75) is 0 Å². The van der Waals surface area contributed by atoms with Crippen LogP contribution in [-0.2, 0) is 0 Å². The lowest BCUT2D eigenvalue weighted by molar-refractivity contribution is 0.111. The van der Waals surface area contributed by atoms with Gasteiger partial charge in [0.15, 0.2) is 6.29 Å². The zero-order chi connectivity index (χ0) is 10.8. The van der Waals surface area contributed by atoms with Crippen molar-refractivity contribution in [2.75, 3.05) is 0 Å². The Bertz CT molecular complexity index is 507. The van der Waals surface area contributed by atoms with Crippen molar-refractivity contribution in [3.8, 4) is 5.69 Å². The highest BCUT2D eigenvalue weighted by Gasteiger charge is 2.06. The number of halogens is 2. The molecule has 0 N–H and O–H groups in total. The fourth-order valence-electron chi connectivity index (χ4n) is 1.38. The predicted molar refractivity (Wildman–Crippen MR) is 63.9 cm³/mol. The number of rotatable bonds is 2. The van der Waals surface area contributed by atoms with Crippen molar-refractivity contribution in [3.63, 3.8) is 0 Å². The standard InChI is InChI=1S/C11H7BrClNO/c12-10-4-3-8(13)6-11(10)14-5-1-2-9(14)7-15/h1-7H. The largest absolute Gasteiger partial charge is 0.313 e. The number of benzene rings is 1. The number of nitrogens with zero attached hydrogens (tertiary/aromatic N) is 1. The van der Waals surface area contributed by atoms with Gasteiger partial charge in [-0.05, 0) is 46.3 Å². The molecule has 0 radical (unpaired) electrons. The van der Waals surface area contributed by atoms with E-state index in [1.807, 2.05) is 18.3 Å². The Morgan fingerprint density at radius 3 is 2.87 bits per heavy atom. The minimum Gasteiger partial charge on any atom is -0.313 e. The number of aromatic nitrogens is 1. The SMILES string of the molecule is O=Cc1cccn1-c1cc(Cl)ccc1Br. The highest BCUT2D eigenvalue weighted by molar-refractivity contribution is 9.10. The van der Waals surface area contributed by atoms with Crippen LogP contribution in [0, 0.1) is 0 Å². The van der Waals surface area contributed by atoms with Crippen LogP contribution in [0.3, 0.4) is 0 Å². The lowest BCUT2D eigenvalue weighted by Crippen LogP contribution is -1.98. The highest BCUT2D eigenvalue weighted by atomic mass is 79.9. The van der Waals surface area contributed by atoms with Crippen LogP contribution >= 0.6 is 27.5 Å². The summed E-state index contributed by atoms with van der Waals surface area (Å²) in [5, 5.41) is 0.638. The Balaban J connectivity index is 2.62. The van der Waals surface area contributed by atoms with Crippen LogP contribution in [0.4, 0.5) is 0 Å². The normalized spacial score (nSPS) is 10.3. The summed E-state index contributed by atoms with van der Waals surface area (Å²) in [5.74, 6) is 0. The molecule has 0 aliphatic heterocycles. The van der Waals surface area contributed by atoms with Gasteiger partial charge in [-0.3, -0.25) is 4.79 Å². The first-order chi connectivity index (χ1) is 7.22. The number of carbonyl (C=O) groups is 1. The third-order valence-corrected chi connectivity index (χ3v) is 2.97. The average Bonchev–Trinajstić information content (AvgIpc) is 2.69. The molecular formula is C11H7BrClNO. The monoisotopic (exact) mass is 283 g/mol. The van der Waals surface area contributed by atoms with E-state index in [1.165, 1.54) is 0 Å². The van der Waals surface area contributed by atoms with Crippen molar-refractivity contribution >= 4 is 33.8 Å². The fourth-order valence-corrected chi connectivity index (χ4v) is 1.98. The molecule has 0 saturated heterocycles. The van der Waals surface area contributed by atoms with E-state index < -0.39 is 0 Å².